The number of aromatic amines is 1. The van der Waals surface area contributed by atoms with E-state index in [1.54, 1.807) is 4.90 Å². The fourth-order valence-electron chi connectivity index (χ4n) is 2.27. The van der Waals surface area contributed by atoms with E-state index in [1.165, 1.54) is 0 Å². The van der Waals surface area contributed by atoms with Gasteiger partial charge >= 0.3 is 6.03 Å². The molecule has 5 heteroatoms. The normalized spacial score (nSPS) is 19.4. The van der Waals surface area contributed by atoms with Crippen LogP contribution in [0.3, 0.4) is 0 Å². The topological polar surface area (TPSA) is 60.2 Å². The van der Waals surface area contributed by atoms with Crippen molar-refractivity contribution in [3.8, 4) is 0 Å². The van der Waals surface area contributed by atoms with Crippen LogP contribution in [0.4, 0.5) is 10.5 Å². The number of anilines is 1. The van der Waals surface area contributed by atoms with Crippen molar-refractivity contribution in [3.05, 3.63) is 30.5 Å². The van der Waals surface area contributed by atoms with Gasteiger partial charge in [0.15, 0.2) is 0 Å². The minimum Gasteiger partial charge on any atom is -0.361 e. The second-order valence-corrected chi connectivity index (χ2v) is 4.66. The van der Waals surface area contributed by atoms with Crippen LogP contribution >= 0.6 is 0 Å². The highest BCUT2D eigenvalue weighted by molar-refractivity contribution is 6.00. The molecule has 2 amide bonds. The van der Waals surface area contributed by atoms with Crippen molar-refractivity contribution in [2.75, 3.05) is 18.5 Å². The molecule has 1 aromatic carbocycles. The number of H-pyrrole nitrogens is 1. The number of rotatable bonds is 1. The van der Waals surface area contributed by atoms with Crippen LogP contribution in [0.1, 0.15) is 6.92 Å². The number of fused-ring (bicyclic) bond motifs is 1. The maximum atomic E-state index is 12.1. The highest BCUT2D eigenvalue weighted by Gasteiger charge is 2.22. The van der Waals surface area contributed by atoms with E-state index in [0.717, 1.165) is 23.1 Å². The van der Waals surface area contributed by atoms with Crippen LogP contribution in [0, 0.1) is 0 Å². The zero-order valence-electron chi connectivity index (χ0n) is 10.2. The molecule has 1 atom stereocenters. The molecule has 94 valence electrons. The number of nitrogens with zero attached hydrogens (tertiary/aromatic N) is 1. The zero-order chi connectivity index (χ0) is 12.5. The van der Waals surface area contributed by atoms with Crippen LogP contribution in [0.15, 0.2) is 30.5 Å². The van der Waals surface area contributed by atoms with Gasteiger partial charge in [0.1, 0.15) is 0 Å². The number of carbonyl (C=O) groups excluding carboxylic acids is 1. The third-order valence-corrected chi connectivity index (χ3v) is 3.25. The van der Waals surface area contributed by atoms with Gasteiger partial charge in [-0.1, -0.05) is 6.07 Å². The molecule has 1 aromatic heterocycles. The maximum Gasteiger partial charge on any atom is 0.322 e. The quantitative estimate of drug-likeness (QED) is 0.718. The van der Waals surface area contributed by atoms with E-state index in [0.29, 0.717) is 12.7 Å². The first-order chi connectivity index (χ1) is 8.74. The average Bonchev–Trinajstić information content (AvgIpc) is 2.97. The summed E-state index contributed by atoms with van der Waals surface area (Å²) in [6, 6.07) is 8.11. The van der Waals surface area contributed by atoms with Crippen LogP contribution in [0.5, 0.6) is 0 Å². The molecule has 1 aliphatic heterocycles. The van der Waals surface area contributed by atoms with E-state index >= 15 is 0 Å². The van der Waals surface area contributed by atoms with Crippen LogP contribution in [0.25, 0.3) is 10.9 Å². The second kappa shape index (κ2) is 4.34. The Morgan fingerprint density at radius 1 is 1.44 bits per heavy atom. The molecule has 0 saturated carbocycles. The summed E-state index contributed by atoms with van der Waals surface area (Å²) in [6.45, 7) is 3.42. The van der Waals surface area contributed by atoms with Crippen molar-refractivity contribution >= 4 is 22.6 Å². The molecule has 1 aliphatic rings. The first-order valence-corrected chi connectivity index (χ1v) is 6.09. The molecular weight excluding hydrogens is 228 g/mol. The molecule has 1 unspecified atom stereocenters. The molecule has 3 rings (SSSR count). The highest BCUT2D eigenvalue weighted by atomic mass is 16.2. The van der Waals surface area contributed by atoms with Gasteiger partial charge in [-0.25, -0.2) is 4.79 Å². The molecule has 1 saturated heterocycles. The Bertz CT molecular complexity index is 577. The Balaban J connectivity index is 1.80. The summed E-state index contributed by atoms with van der Waals surface area (Å²) in [7, 11) is 0. The fourth-order valence-corrected chi connectivity index (χ4v) is 2.27. The average molecular weight is 244 g/mol. The Morgan fingerprint density at radius 3 is 3.11 bits per heavy atom. The monoisotopic (exact) mass is 244 g/mol. The third kappa shape index (κ3) is 1.93. The van der Waals surface area contributed by atoms with Crippen LogP contribution in [-0.4, -0.2) is 35.2 Å². The summed E-state index contributed by atoms with van der Waals surface area (Å²) in [6.07, 6.45) is 1.87. The molecule has 0 radical (unpaired) electrons. The number of hydrogen-bond acceptors (Lipinski definition) is 2. The number of aromatic nitrogens is 1. The first-order valence-electron chi connectivity index (χ1n) is 6.09. The lowest BCUT2D eigenvalue weighted by Gasteiger charge is -2.16. The Kier molecular flexibility index (Phi) is 2.68. The summed E-state index contributed by atoms with van der Waals surface area (Å²) >= 11 is 0. The third-order valence-electron chi connectivity index (χ3n) is 3.25. The second-order valence-electron chi connectivity index (χ2n) is 4.66. The predicted molar refractivity (Wildman–Crippen MR) is 71.5 cm³/mol. The number of amides is 2. The molecule has 2 aromatic rings. The molecular formula is C13H16N4O. The van der Waals surface area contributed by atoms with Crippen LogP contribution < -0.4 is 10.6 Å². The van der Waals surface area contributed by atoms with Gasteiger partial charge in [-0.3, -0.25) is 5.32 Å². The van der Waals surface area contributed by atoms with Gasteiger partial charge in [-0.15, -0.1) is 0 Å². The summed E-state index contributed by atoms with van der Waals surface area (Å²) < 4.78 is 0. The van der Waals surface area contributed by atoms with E-state index in [9.17, 15) is 4.79 Å². The van der Waals surface area contributed by atoms with Gasteiger partial charge in [0, 0.05) is 29.7 Å². The summed E-state index contributed by atoms with van der Waals surface area (Å²) in [5.41, 5.74) is 1.87. The van der Waals surface area contributed by atoms with E-state index in [2.05, 4.69) is 22.5 Å². The minimum absolute atomic E-state index is 0.0550. The standard InChI is InChI=1S/C13H16N4O/c1-9-7-17(8-15-9)13(18)16-12-4-2-3-11-10(12)5-6-14-11/h2-6,9,14-15H,7-8H2,1H3,(H,16,18). The smallest absolute Gasteiger partial charge is 0.322 e. The molecule has 0 bridgehead atoms. The van der Waals surface area contributed by atoms with E-state index in [4.69, 9.17) is 0 Å². The molecule has 0 aliphatic carbocycles. The summed E-state index contributed by atoms with van der Waals surface area (Å²) in [5, 5.41) is 7.22. The van der Waals surface area contributed by atoms with Crippen molar-refractivity contribution in [3.63, 3.8) is 0 Å². The van der Waals surface area contributed by atoms with Crippen molar-refractivity contribution in [2.24, 2.45) is 0 Å². The molecule has 18 heavy (non-hydrogen) atoms. The first kappa shape index (κ1) is 11.1. The molecule has 3 N–H and O–H groups in total. The van der Waals surface area contributed by atoms with Crippen molar-refractivity contribution in [2.45, 2.75) is 13.0 Å². The molecule has 1 fully saturated rings. The van der Waals surface area contributed by atoms with E-state index in [-0.39, 0.29) is 6.03 Å². The van der Waals surface area contributed by atoms with Gasteiger partial charge in [0.25, 0.3) is 0 Å². The van der Waals surface area contributed by atoms with Crippen LogP contribution in [0.2, 0.25) is 0 Å². The summed E-state index contributed by atoms with van der Waals surface area (Å²) in [4.78, 5) is 17.0. The Labute approximate surface area is 105 Å². The highest BCUT2D eigenvalue weighted by Crippen LogP contribution is 2.22. The Morgan fingerprint density at radius 2 is 2.33 bits per heavy atom. The number of urea groups is 1. The molecule has 2 heterocycles. The lowest BCUT2D eigenvalue weighted by Crippen LogP contribution is -2.33. The van der Waals surface area contributed by atoms with Gasteiger partial charge in [-0.2, -0.15) is 0 Å². The molecule has 0 spiro atoms. The van der Waals surface area contributed by atoms with Gasteiger partial charge < -0.3 is 15.2 Å². The minimum atomic E-state index is -0.0550. The van der Waals surface area contributed by atoms with Crippen LogP contribution in [-0.2, 0) is 0 Å². The van der Waals surface area contributed by atoms with E-state index < -0.39 is 0 Å². The largest absolute Gasteiger partial charge is 0.361 e. The summed E-state index contributed by atoms with van der Waals surface area (Å²) in [5.74, 6) is 0. The lowest BCUT2D eigenvalue weighted by atomic mass is 10.2. The van der Waals surface area contributed by atoms with Crippen molar-refractivity contribution < 1.29 is 4.79 Å². The maximum absolute atomic E-state index is 12.1. The van der Waals surface area contributed by atoms with Gasteiger partial charge in [0.2, 0.25) is 0 Å². The zero-order valence-corrected chi connectivity index (χ0v) is 10.2. The van der Waals surface area contributed by atoms with Crippen molar-refractivity contribution in [1.29, 1.82) is 0 Å². The number of carbonyl (C=O) groups is 1. The SMILES string of the molecule is CC1CN(C(=O)Nc2cccc3[nH]ccc23)CN1. The number of benzene rings is 1. The number of nitrogens with one attached hydrogen (secondary N) is 3. The molecule has 5 nitrogen and oxygen atoms in total. The van der Waals surface area contributed by atoms with E-state index in [1.807, 2.05) is 30.5 Å². The predicted octanol–water partition coefficient (Wildman–Crippen LogP) is 1.95. The number of hydrogen-bond donors (Lipinski definition) is 3. The Hall–Kier alpha value is -2.01. The lowest BCUT2D eigenvalue weighted by molar-refractivity contribution is 0.221. The fraction of sp³-hybridized carbons (Fsp3) is 0.308. The van der Waals surface area contributed by atoms with Gasteiger partial charge in [0.05, 0.1) is 12.4 Å². The van der Waals surface area contributed by atoms with Gasteiger partial charge in [-0.05, 0) is 25.1 Å². The van der Waals surface area contributed by atoms with Crippen molar-refractivity contribution in [1.82, 2.24) is 15.2 Å².